The highest BCUT2D eigenvalue weighted by atomic mass is 19.1. The number of aromatic nitrogens is 1. The van der Waals surface area contributed by atoms with Gasteiger partial charge in [-0.05, 0) is 0 Å². The van der Waals surface area contributed by atoms with Crippen LogP contribution in [0.5, 0.6) is 5.75 Å². The third kappa shape index (κ3) is 2.40. The zero-order valence-corrected chi connectivity index (χ0v) is 6.95. The van der Waals surface area contributed by atoms with E-state index in [1.54, 1.807) is 0 Å². The summed E-state index contributed by atoms with van der Waals surface area (Å²) in [6.07, 6.45) is 0.858. The van der Waals surface area contributed by atoms with E-state index in [2.05, 4.69) is 4.98 Å². The Morgan fingerprint density at radius 3 is 2.92 bits per heavy atom. The zero-order valence-electron chi connectivity index (χ0n) is 6.95. The number of aliphatic carboxylic acids is 1. The molecule has 0 atom stereocenters. The molecule has 1 aromatic rings. The molecule has 0 amide bonds. The molecule has 0 unspecified atom stereocenters. The molecular weight excluding hydrogens is 177 g/mol. The van der Waals surface area contributed by atoms with Crippen molar-refractivity contribution in [3.8, 4) is 5.75 Å². The molecule has 0 aliphatic carbocycles. The Bertz CT molecular complexity index is 327. The largest absolute Gasteiger partial charge is 0.495 e. The molecule has 0 bridgehead atoms. The first kappa shape index (κ1) is 9.44. The van der Waals surface area contributed by atoms with Gasteiger partial charge in [-0.3, -0.25) is 9.78 Å². The quantitative estimate of drug-likeness (QED) is 0.758. The minimum absolute atomic E-state index is 0.0895. The van der Waals surface area contributed by atoms with Gasteiger partial charge < -0.3 is 9.84 Å². The van der Waals surface area contributed by atoms with Gasteiger partial charge in [0.05, 0.1) is 25.4 Å². The molecule has 70 valence electrons. The fraction of sp³-hybridized carbons (Fsp3) is 0.250. The smallest absolute Gasteiger partial charge is 0.309 e. The summed E-state index contributed by atoms with van der Waals surface area (Å²) in [6.45, 7) is 0. The predicted molar refractivity (Wildman–Crippen MR) is 42.1 cm³/mol. The molecule has 0 aromatic carbocycles. The predicted octanol–water partition coefficient (Wildman–Crippen LogP) is 0.856. The summed E-state index contributed by atoms with van der Waals surface area (Å²) in [5.74, 6) is -1.51. The van der Waals surface area contributed by atoms with Crippen molar-refractivity contribution in [3.63, 3.8) is 0 Å². The van der Waals surface area contributed by atoms with Gasteiger partial charge in [0.25, 0.3) is 0 Å². The number of carboxylic acids is 1. The number of carboxylic acid groups (broad SMARTS) is 1. The summed E-state index contributed by atoms with van der Waals surface area (Å²) in [6, 6.07) is 1.10. The van der Waals surface area contributed by atoms with Gasteiger partial charge in [-0.1, -0.05) is 0 Å². The Balaban J connectivity index is 2.91. The molecule has 0 aliphatic heterocycles. The van der Waals surface area contributed by atoms with Gasteiger partial charge in [-0.15, -0.1) is 0 Å². The highest BCUT2D eigenvalue weighted by Crippen LogP contribution is 2.13. The summed E-state index contributed by atoms with van der Waals surface area (Å²) in [5.41, 5.74) is -0.0895. The van der Waals surface area contributed by atoms with Gasteiger partial charge in [0, 0.05) is 6.07 Å². The Hall–Kier alpha value is -1.65. The van der Waals surface area contributed by atoms with Crippen LogP contribution in [-0.2, 0) is 11.2 Å². The lowest BCUT2D eigenvalue weighted by Crippen LogP contribution is -2.05. The van der Waals surface area contributed by atoms with E-state index < -0.39 is 18.2 Å². The van der Waals surface area contributed by atoms with Gasteiger partial charge in [-0.25, -0.2) is 4.39 Å². The van der Waals surface area contributed by atoms with Crippen molar-refractivity contribution in [2.24, 2.45) is 0 Å². The van der Waals surface area contributed by atoms with Crippen molar-refractivity contribution >= 4 is 5.97 Å². The molecule has 4 nitrogen and oxygen atoms in total. The molecule has 0 fully saturated rings. The van der Waals surface area contributed by atoms with E-state index in [9.17, 15) is 9.18 Å². The van der Waals surface area contributed by atoms with Crippen LogP contribution in [0.3, 0.4) is 0 Å². The van der Waals surface area contributed by atoms with E-state index in [1.165, 1.54) is 13.3 Å². The van der Waals surface area contributed by atoms with Crippen LogP contribution in [0.2, 0.25) is 0 Å². The van der Waals surface area contributed by atoms with Crippen LogP contribution >= 0.6 is 0 Å². The molecule has 5 heteroatoms. The van der Waals surface area contributed by atoms with Gasteiger partial charge >= 0.3 is 5.97 Å². The Labute approximate surface area is 74.0 Å². The average molecular weight is 185 g/mol. The maximum absolute atomic E-state index is 13.0. The lowest BCUT2D eigenvalue weighted by molar-refractivity contribution is -0.136. The maximum atomic E-state index is 13.0. The van der Waals surface area contributed by atoms with Gasteiger partial charge in [0.2, 0.25) is 0 Å². The molecule has 1 heterocycles. The summed E-state index contributed by atoms with van der Waals surface area (Å²) >= 11 is 0. The average Bonchev–Trinajstić information content (AvgIpc) is 2.08. The second-order valence-corrected chi connectivity index (χ2v) is 2.37. The number of halogens is 1. The number of rotatable bonds is 3. The highest BCUT2D eigenvalue weighted by Gasteiger charge is 2.09. The van der Waals surface area contributed by atoms with Crippen molar-refractivity contribution in [2.45, 2.75) is 6.42 Å². The molecule has 0 saturated carbocycles. The first-order valence-corrected chi connectivity index (χ1v) is 3.53. The van der Waals surface area contributed by atoms with E-state index in [0.29, 0.717) is 0 Å². The van der Waals surface area contributed by atoms with Crippen molar-refractivity contribution < 1.29 is 19.0 Å². The minimum Gasteiger partial charge on any atom is -0.495 e. The Morgan fingerprint density at radius 1 is 1.77 bits per heavy atom. The number of hydrogen-bond donors (Lipinski definition) is 1. The normalized spacial score (nSPS) is 9.69. The van der Waals surface area contributed by atoms with Crippen molar-refractivity contribution in [1.82, 2.24) is 4.98 Å². The van der Waals surface area contributed by atoms with E-state index in [0.717, 1.165) is 6.07 Å². The van der Waals surface area contributed by atoms with Crippen molar-refractivity contribution in [3.05, 3.63) is 23.8 Å². The van der Waals surface area contributed by atoms with Crippen LogP contribution < -0.4 is 4.74 Å². The van der Waals surface area contributed by atoms with Crippen LogP contribution in [0.4, 0.5) is 4.39 Å². The number of hydrogen-bond acceptors (Lipinski definition) is 3. The van der Waals surface area contributed by atoms with Gasteiger partial charge in [-0.2, -0.15) is 0 Å². The van der Waals surface area contributed by atoms with Gasteiger partial charge in [0.1, 0.15) is 11.6 Å². The van der Waals surface area contributed by atoms with Crippen molar-refractivity contribution in [2.75, 3.05) is 7.11 Å². The van der Waals surface area contributed by atoms with Crippen LogP contribution in [0.25, 0.3) is 0 Å². The van der Waals surface area contributed by atoms with Crippen LogP contribution in [0.15, 0.2) is 12.3 Å². The molecule has 0 radical (unpaired) electrons. The summed E-state index contributed by atoms with van der Waals surface area (Å²) < 4.78 is 17.7. The van der Waals surface area contributed by atoms with E-state index >= 15 is 0 Å². The zero-order chi connectivity index (χ0) is 9.84. The Morgan fingerprint density at radius 2 is 2.46 bits per heavy atom. The third-order valence-electron chi connectivity index (χ3n) is 1.45. The second-order valence-electron chi connectivity index (χ2n) is 2.37. The number of nitrogens with zero attached hydrogens (tertiary/aromatic N) is 1. The molecular formula is C8H8FNO3. The molecule has 0 spiro atoms. The van der Waals surface area contributed by atoms with Crippen LogP contribution in [0, 0.1) is 5.82 Å². The fourth-order valence-electron chi connectivity index (χ4n) is 0.834. The first-order valence-electron chi connectivity index (χ1n) is 3.53. The molecule has 1 aromatic heterocycles. The summed E-state index contributed by atoms with van der Waals surface area (Å²) in [7, 11) is 1.38. The number of ether oxygens (including phenoxy) is 1. The molecule has 0 aliphatic rings. The summed E-state index contributed by atoms with van der Waals surface area (Å²) in [4.78, 5) is 13.8. The van der Waals surface area contributed by atoms with E-state index in [-0.39, 0.29) is 11.4 Å². The molecule has 1 rings (SSSR count). The van der Waals surface area contributed by atoms with Gasteiger partial charge in [0.15, 0.2) is 0 Å². The third-order valence-corrected chi connectivity index (χ3v) is 1.45. The van der Waals surface area contributed by atoms with E-state index in [1.807, 2.05) is 0 Å². The minimum atomic E-state index is -1.11. The SMILES string of the molecule is COc1cnc(CC(=O)O)c(F)c1. The lowest BCUT2D eigenvalue weighted by Gasteiger charge is -2.01. The first-order chi connectivity index (χ1) is 6.13. The summed E-state index contributed by atoms with van der Waals surface area (Å²) in [5, 5.41) is 8.38. The number of methoxy groups -OCH3 is 1. The molecule has 1 N–H and O–H groups in total. The standard InChI is InChI=1S/C8H8FNO3/c1-13-5-2-6(9)7(10-4-5)3-8(11)12/h2,4H,3H2,1H3,(H,11,12). The number of carbonyl (C=O) groups is 1. The fourth-order valence-corrected chi connectivity index (χ4v) is 0.834. The van der Waals surface area contributed by atoms with Crippen molar-refractivity contribution in [1.29, 1.82) is 0 Å². The van der Waals surface area contributed by atoms with E-state index in [4.69, 9.17) is 9.84 Å². The second kappa shape index (κ2) is 3.84. The monoisotopic (exact) mass is 185 g/mol. The van der Waals surface area contributed by atoms with Crippen LogP contribution in [0.1, 0.15) is 5.69 Å². The number of pyridine rings is 1. The topological polar surface area (TPSA) is 59.4 Å². The maximum Gasteiger partial charge on any atom is 0.309 e. The van der Waals surface area contributed by atoms with Crippen LogP contribution in [-0.4, -0.2) is 23.2 Å². The highest BCUT2D eigenvalue weighted by molar-refractivity contribution is 5.69. The lowest BCUT2D eigenvalue weighted by atomic mass is 10.2. The molecule has 13 heavy (non-hydrogen) atoms. The Kier molecular flexibility index (Phi) is 2.79. The molecule has 0 saturated heterocycles.